The summed E-state index contributed by atoms with van der Waals surface area (Å²) in [6.07, 6.45) is 1.33. The number of amides is 1. The Morgan fingerprint density at radius 1 is 1.12 bits per heavy atom. The number of hydrazone groups is 1. The molecule has 0 aliphatic carbocycles. The van der Waals surface area contributed by atoms with Crippen LogP contribution < -0.4 is 20.6 Å². The van der Waals surface area contributed by atoms with Gasteiger partial charge in [-0.1, -0.05) is 29.5 Å². The number of benzene rings is 2. The molecule has 0 atom stereocenters. The van der Waals surface area contributed by atoms with Crippen LogP contribution in [0.2, 0.25) is 0 Å². The lowest BCUT2D eigenvalue weighted by molar-refractivity contribution is 0.0335. The predicted octanol–water partition coefficient (Wildman–Crippen LogP) is 1.06. The lowest BCUT2D eigenvalue weighted by Crippen LogP contribution is -2.36. The second kappa shape index (κ2) is 12.1. The van der Waals surface area contributed by atoms with Gasteiger partial charge in [0, 0.05) is 25.2 Å². The average Bonchev–Trinajstić information content (AvgIpc) is 3.60. The molecule has 1 aliphatic heterocycles. The van der Waals surface area contributed by atoms with Crippen LogP contribution in [-0.2, 0) is 11.3 Å². The highest BCUT2D eigenvalue weighted by molar-refractivity contribution is 5.96. The Labute approximate surface area is 227 Å². The number of methoxy groups -OCH3 is 1. The first-order valence-corrected chi connectivity index (χ1v) is 12.2. The Hall–Kier alpha value is -5.15. The summed E-state index contributed by atoms with van der Waals surface area (Å²) in [5, 5.41) is 19.6. The number of carbonyl (C=O) groups is 2. The fraction of sp³-hybridized carbons (Fsp3) is 0.240. The van der Waals surface area contributed by atoms with Crippen molar-refractivity contribution in [1.29, 1.82) is 0 Å². The third kappa shape index (κ3) is 5.79. The SMILES string of the molecule is COc1cccc(/C=N\NC(=O)c2c(CN3CCOCC3)nnn2-c2nonc2N)c1OC(=O)c1ccccc1. The van der Waals surface area contributed by atoms with Crippen LogP contribution in [0.3, 0.4) is 0 Å². The van der Waals surface area contributed by atoms with Crippen LogP contribution in [0.4, 0.5) is 5.82 Å². The van der Waals surface area contributed by atoms with Crippen LogP contribution in [0.25, 0.3) is 5.82 Å². The lowest BCUT2D eigenvalue weighted by atomic mass is 10.2. The van der Waals surface area contributed by atoms with Crippen molar-refractivity contribution in [3.8, 4) is 17.3 Å². The maximum Gasteiger partial charge on any atom is 0.343 e. The topological polar surface area (TPSA) is 185 Å². The first-order chi connectivity index (χ1) is 19.5. The Morgan fingerprint density at radius 2 is 1.93 bits per heavy atom. The zero-order valence-corrected chi connectivity index (χ0v) is 21.4. The molecular weight excluding hydrogens is 522 g/mol. The molecule has 3 N–H and O–H groups in total. The summed E-state index contributed by atoms with van der Waals surface area (Å²) in [4.78, 5) is 28.1. The van der Waals surface area contributed by atoms with Gasteiger partial charge in [-0.3, -0.25) is 9.69 Å². The largest absolute Gasteiger partial charge is 0.493 e. The summed E-state index contributed by atoms with van der Waals surface area (Å²) in [6, 6.07) is 13.5. The van der Waals surface area contributed by atoms with Gasteiger partial charge in [0.25, 0.3) is 5.91 Å². The van der Waals surface area contributed by atoms with Crippen LogP contribution in [-0.4, -0.2) is 81.7 Å². The number of rotatable bonds is 9. The van der Waals surface area contributed by atoms with Crippen LogP contribution in [0.1, 0.15) is 32.1 Å². The van der Waals surface area contributed by atoms with Crippen molar-refractivity contribution < 1.29 is 28.4 Å². The van der Waals surface area contributed by atoms with E-state index >= 15 is 0 Å². The number of ether oxygens (including phenoxy) is 3. The Morgan fingerprint density at radius 3 is 2.65 bits per heavy atom. The molecule has 4 aromatic rings. The second-order valence-electron chi connectivity index (χ2n) is 8.49. The van der Waals surface area contributed by atoms with Crippen molar-refractivity contribution in [3.05, 3.63) is 71.0 Å². The molecule has 1 aliphatic rings. The maximum absolute atomic E-state index is 13.4. The first kappa shape index (κ1) is 26.5. The van der Waals surface area contributed by atoms with Gasteiger partial charge in [0.2, 0.25) is 11.6 Å². The zero-order valence-electron chi connectivity index (χ0n) is 21.4. The number of carbonyl (C=O) groups excluding carboxylic acids is 2. The van der Waals surface area contributed by atoms with Gasteiger partial charge >= 0.3 is 5.97 Å². The molecule has 206 valence electrons. The van der Waals surface area contributed by atoms with Gasteiger partial charge in [-0.05, 0) is 34.6 Å². The van der Waals surface area contributed by atoms with Gasteiger partial charge in [0.05, 0.1) is 32.1 Å². The molecule has 40 heavy (non-hydrogen) atoms. The average molecular weight is 548 g/mol. The highest BCUT2D eigenvalue weighted by Crippen LogP contribution is 2.31. The van der Waals surface area contributed by atoms with Crippen molar-refractivity contribution in [1.82, 2.24) is 35.6 Å². The predicted molar refractivity (Wildman–Crippen MR) is 139 cm³/mol. The minimum Gasteiger partial charge on any atom is -0.493 e. The van der Waals surface area contributed by atoms with Crippen molar-refractivity contribution in [2.24, 2.45) is 5.10 Å². The number of esters is 1. The fourth-order valence-electron chi connectivity index (χ4n) is 3.95. The monoisotopic (exact) mass is 547 g/mol. The number of nitrogens with two attached hydrogens (primary N) is 1. The molecular formula is C25H25N9O6. The highest BCUT2D eigenvalue weighted by atomic mass is 16.6. The number of nitrogen functional groups attached to an aromatic ring is 1. The molecule has 0 spiro atoms. The van der Waals surface area contributed by atoms with Crippen molar-refractivity contribution in [3.63, 3.8) is 0 Å². The van der Waals surface area contributed by atoms with Crippen LogP contribution in [0.5, 0.6) is 11.5 Å². The summed E-state index contributed by atoms with van der Waals surface area (Å²) in [7, 11) is 1.45. The van der Waals surface area contributed by atoms with Crippen molar-refractivity contribution in [2.75, 3.05) is 39.1 Å². The Balaban J connectivity index is 1.39. The zero-order chi connectivity index (χ0) is 27.9. The van der Waals surface area contributed by atoms with Crippen LogP contribution in [0.15, 0.2) is 58.3 Å². The number of aromatic nitrogens is 5. The summed E-state index contributed by atoms with van der Waals surface area (Å²) in [5.74, 6) is -0.830. The van der Waals surface area contributed by atoms with Gasteiger partial charge in [-0.15, -0.1) is 5.10 Å². The number of nitrogens with one attached hydrogen (secondary N) is 1. The number of hydrogen-bond acceptors (Lipinski definition) is 13. The third-order valence-electron chi connectivity index (χ3n) is 5.93. The van der Waals surface area contributed by atoms with E-state index in [1.807, 2.05) is 0 Å². The maximum atomic E-state index is 13.4. The van der Waals surface area contributed by atoms with E-state index < -0.39 is 11.9 Å². The standard InChI is InChI=1S/C25H25N9O6/c1-37-19-9-5-8-17(21(19)39-25(36)16-6-3-2-4-7-16)14-27-29-24(35)20-18(15-33-10-12-38-13-11-33)28-32-34(20)23-22(26)30-40-31-23/h2-9,14H,10-13,15H2,1H3,(H2,26,30)(H,29,35)/b27-14-. The van der Waals surface area contributed by atoms with Gasteiger partial charge < -0.3 is 19.9 Å². The smallest absolute Gasteiger partial charge is 0.343 e. The number of hydrogen-bond donors (Lipinski definition) is 2. The number of anilines is 1. The third-order valence-corrected chi connectivity index (χ3v) is 5.93. The Bertz CT molecular complexity index is 1510. The molecule has 0 unspecified atom stereocenters. The molecule has 1 amide bonds. The van der Waals surface area contributed by atoms with E-state index in [0.717, 1.165) is 4.68 Å². The molecule has 2 aromatic heterocycles. The van der Waals surface area contributed by atoms with E-state index in [0.29, 0.717) is 55.4 Å². The van der Waals surface area contributed by atoms with Crippen LogP contribution in [0, 0.1) is 0 Å². The van der Waals surface area contributed by atoms with E-state index in [2.05, 4.69) is 40.7 Å². The molecule has 15 nitrogen and oxygen atoms in total. The van der Waals surface area contributed by atoms with Gasteiger partial charge in [-0.25, -0.2) is 14.8 Å². The molecule has 0 bridgehead atoms. The van der Waals surface area contributed by atoms with E-state index in [1.165, 1.54) is 13.3 Å². The van der Waals surface area contributed by atoms with Crippen molar-refractivity contribution >= 4 is 23.9 Å². The molecule has 5 rings (SSSR count). The number of para-hydroxylation sites is 1. The van der Waals surface area contributed by atoms with Gasteiger partial charge in [0.1, 0.15) is 5.69 Å². The summed E-state index contributed by atoms with van der Waals surface area (Å²) in [6.45, 7) is 2.80. The first-order valence-electron chi connectivity index (χ1n) is 12.2. The van der Waals surface area contributed by atoms with Crippen molar-refractivity contribution in [2.45, 2.75) is 6.54 Å². The van der Waals surface area contributed by atoms with E-state index in [1.54, 1.807) is 48.5 Å². The summed E-state index contributed by atoms with van der Waals surface area (Å²) >= 11 is 0. The minimum atomic E-state index is -0.641. The highest BCUT2D eigenvalue weighted by Gasteiger charge is 2.27. The molecule has 15 heteroatoms. The van der Waals surface area contributed by atoms with Gasteiger partial charge in [-0.2, -0.15) is 9.78 Å². The molecule has 2 aromatic carbocycles. The quantitative estimate of drug-likeness (QED) is 0.132. The number of nitrogens with zero attached hydrogens (tertiary/aromatic N) is 7. The molecule has 1 saturated heterocycles. The molecule has 3 heterocycles. The summed E-state index contributed by atoms with van der Waals surface area (Å²) in [5.41, 5.74) is 9.47. The van der Waals surface area contributed by atoms with E-state index in [-0.39, 0.29) is 23.1 Å². The normalized spacial score (nSPS) is 13.8. The van der Waals surface area contributed by atoms with Gasteiger partial charge in [0.15, 0.2) is 17.2 Å². The van der Waals surface area contributed by atoms with E-state index in [9.17, 15) is 9.59 Å². The van der Waals surface area contributed by atoms with Crippen LogP contribution >= 0.6 is 0 Å². The molecule has 0 radical (unpaired) electrons. The second-order valence-corrected chi connectivity index (χ2v) is 8.49. The molecule has 0 saturated carbocycles. The summed E-state index contributed by atoms with van der Waals surface area (Å²) < 4.78 is 22.2. The minimum absolute atomic E-state index is 0.0118. The molecule has 1 fully saturated rings. The number of morpholine rings is 1. The Kier molecular flexibility index (Phi) is 8.03. The lowest BCUT2D eigenvalue weighted by Gasteiger charge is -2.25. The van der Waals surface area contributed by atoms with E-state index in [4.69, 9.17) is 19.9 Å². The fourth-order valence-corrected chi connectivity index (χ4v) is 3.95.